The highest BCUT2D eigenvalue weighted by Gasteiger charge is 2.41. The molecule has 1 aliphatic rings. The Kier molecular flexibility index (Phi) is 5.57. The van der Waals surface area contributed by atoms with Gasteiger partial charge in [-0.25, -0.2) is 0 Å². The highest BCUT2D eigenvalue weighted by Crippen LogP contribution is 2.31. The van der Waals surface area contributed by atoms with Gasteiger partial charge in [-0.3, -0.25) is 10.1 Å². The van der Waals surface area contributed by atoms with Crippen molar-refractivity contribution in [1.29, 1.82) is 0 Å². The Morgan fingerprint density at radius 1 is 1.55 bits per heavy atom. The van der Waals surface area contributed by atoms with E-state index in [2.05, 4.69) is 23.7 Å². The normalized spacial score (nSPS) is 24.4. The molecule has 5 heteroatoms. The van der Waals surface area contributed by atoms with E-state index in [-0.39, 0.29) is 24.2 Å². The van der Waals surface area contributed by atoms with Crippen molar-refractivity contribution in [3.8, 4) is 0 Å². The second-order valence-corrected chi connectivity index (χ2v) is 6.31. The molecule has 3 atom stereocenters. The molecule has 20 heavy (non-hydrogen) atoms. The summed E-state index contributed by atoms with van der Waals surface area (Å²) >= 11 is 1.69. The fourth-order valence-electron chi connectivity index (χ4n) is 2.72. The Balaban J connectivity index is 2.16. The standard InChI is InChI=1S/C15H24N2O2S/c1-4-5-7-12-15(18)17(11(2)10-19-3)14(16-12)13-8-6-9-20-13/h6,8-9,11-12,14,16H,4-5,7,10H2,1-3H3. The minimum atomic E-state index is -0.0543. The molecule has 0 aromatic carbocycles. The molecule has 0 aliphatic carbocycles. The van der Waals surface area contributed by atoms with E-state index in [9.17, 15) is 4.79 Å². The molecule has 0 radical (unpaired) electrons. The van der Waals surface area contributed by atoms with E-state index in [1.807, 2.05) is 17.9 Å². The van der Waals surface area contributed by atoms with E-state index in [1.54, 1.807) is 18.4 Å². The summed E-state index contributed by atoms with van der Waals surface area (Å²) in [5.41, 5.74) is 0. The number of nitrogens with zero attached hydrogens (tertiary/aromatic N) is 1. The zero-order valence-corrected chi connectivity index (χ0v) is 13.3. The molecule has 0 spiro atoms. The van der Waals surface area contributed by atoms with Crippen LogP contribution >= 0.6 is 11.3 Å². The highest BCUT2D eigenvalue weighted by molar-refractivity contribution is 7.10. The number of unbranched alkanes of at least 4 members (excludes halogenated alkanes) is 1. The van der Waals surface area contributed by atoms with Crippen molar-refractivity contribution in [2.45, 2.75) is 51.4 Å². The van der Waals surface area contributed by atoms with Gasteiger partial charge < -0.3 is 9.64 Å². The number of carbonyl (C=O) groups is 1. The summed E-state index contributed by atoms with van der Waals surface area (Å²) in [5.74, 6) is 0.210. The molecule has 4 nitrogen and oxygen atoms in total. The van der Waals surface area contributed by atoms with Crippen LogP contribution in [0.3, 0.4) is 0 Å². The molecule has 0 bridgehead atoms. The summed E-state index contributed by atoms with van der Waals surface area (Å²) in [4.78, 5) is 15.8. The predicted octanol–water partition coefficient (Wildman–Crippen LogP) is 2.77. The smallest absolute Gasteiger partial charge is 0.241 e. The maximum absolute atomic E-state index is 12.6. The van der Waals surface area contributed by atoms with Crippen LogP contribution in [0.1, 0.15) is 44.2 Å². The van der Waals surface area contributed by atoms with Crippen molar-refractivity contribution in [2.24, 2.45) is 0 Å². The van der Waals surface area contributed by atoms with Gasteiger partial charge in [0.15, 0.2) is 0 Å². The quantitative estimate of drug-likeness (QED) is 0.841. The molecule has 1 fully saturated rings. The summed E-state index contributed by atoms with van der Waals surface area (Å²) in [6.07, 6.45) is 3.10. The third kappa shape index (κ3) is 3.22. The van der Waals surface area contributed by atoms with Gasteiger partial charge >= 0.3 is 0 Å². The van der Waals surface area contributed by atoms with Gasteiger partial charge in [0.1, 0.15) is 6.17 Å². The average Bonchev–Trinajstić information content (AvgIpc) is 3.04. The van der Waals surface area contributed by atoms with Gasteiger partial charge in [0.05, 0.1) is 18.7 Å². The fraction of sp³-hybridized carbons (Fsp3) is 0.667. The van der Waals surface area contributed by atoms with Gasteiger partial charge in [0, 0.05) is 12.0 Å². The second kappa shape index (κ2) is 7.20. The van der Waals surface area contributed by atoms with E-state index < -0.39 is 0 Å². The largest absolute Gasteiger partial charge is 0.383 e. The van der Waals surface area contributed by atoms with E-state index in [0.29, 0.717) is 6.61 Å². The van der Waals surface area contributed by atoms with Crippen molar-refractivity contribution in [1.82, 2.24) is 10.2 Å². The Labute approximate surface area is 125 Å². The summed E-state index contributed by atoms with van der Waals surface area (Å²) < 4.78 is 5.23. The van der Waals surface area contributed by atoms with Crippen LogP contribution in [0, 0.1) is 0 Å². The van der Waals surface area contributed by atoms with E-state index in [1.165, 1.54) is 4.88 Å². The first-order valence-electron chi connectivity index (χ1n) is 7.29. The number of hydrogen-bond acceptors (Lipinski definition) is 4. The molecule has 1 amide bonds. The molecule has 112 valence electrons. The van der Waals surface area contributed by atoms with Crippen LogP contribution in [-0.4, -0.2) is 36.6 Å². The van der Waals surface area contributed by atoms with E-state index >= 15 is 0 Å². The number of rotatable bonds is 7. The first kappa shape index (κ1) is 15.5. The van der Waals surface area contributed by atoms with Gasteiger partial charge in [-0.1, -0.05) is 25.8 Å². The lowest BCUT2D eigenvalue weighted by atomic mass is 10.1. The Morgan fingerprint density at radius 3 is 2.95 bits per heavy atom. The number of amides is 1. The van der Waals surface area contributed by atoms with Crippen LogP contribution in [0.5, 0.6) is 0 Å². The first-order chi connectivity index (χ1) is 9.69. The molecule has 0 saturated carbocycles. The van der Waals surface area contributed by atoms with Crippen LogP contribution in [0.2, 0.25) is 0 Å². The number of nitrogens with one attached hydrogen (secondary N) is 1. The predicted molar refractivity (Wildman–Crippen MR) is 81.7 cm³/mol. The average molecular weight is 296 g/mol. The molecule has 2 heterocycles. The number of carbonyl (C=O) groups excluding carboxylic acids is 1. The third-order valence-corrected chi connectivity index (χ3v) is 4.66. The van der Waals surface area contributed by atoms with Crippen molar-refractivity contribution in [3.05, 3.63) is 22.4 Å². The Morgan fingerprint density at radius 2 is 2.35 bits per heavy atom. The molecule has 1 N–H and O–H groups in total. The topological polar surface area (TPSA) is 41.6 Å². The van der Waals surface area contributed by atoms with Gasteiger partial charge in [0.2, 0.25) is 5.91 Å². The van der Waals surface area contributed by atoms with Crippen molar-refractivity contribution in [3.63, 3.8) is 0 Å². The summed E-state index contributed by atoms with van der Waals surface area (Å²) in [6, 6.07) is 4.15. The van der Waals surface area contributed by atoms with Crippen molar-refractivity contribution in [2.75, 3.05) is 13.7 Å². The van der Waals surface area contributed by atoms with Gasteiger partial charge in [-0.2, -0.15) is 0 Å². The minimum absolute atomic E-state index is 0.00509. The molecule has 1 aromatic heterocycles. The summed E-state index contributed by atoms with van der Waals surface area (Å²) in [7, 11) is 1.68. The molecular weight excluding hydrogens is 272 g/mol. The molecule has 2 rings (SSSR count). The van der Waals surface area contributed by atoms with Crippen LogP contribution in [0.4, 0.5) is 0 Å². The molecule has 1 saturated heterocycles. The number of hydrogen-bond donors (Lipinski definition) is 1. The Bertz CT molecular complexity index is 422. The monoisotopic (exact) mass is 296 g/mol. The molecule has 3 unspecified atom stereocenters. The SMILES string of the molecule is CCCCC1NC(c2cccs2)N(C(C)COC)C1=O. The lowest BCUT2D eigenvalue weighted by Crippen LogP contribution is -2.40. The molecule has 1 aliphatic heterocycles. The van der Waals surface area contributed by atoms with Crippen LogP contribution in [0.15, 0.2) is 17.5 Å². The zero-order chi connectivity index (χ0) is 14.5. The summed E-state index contributed by atoms with van der Waals surface area (Å²) in [6.45, 7) is 4.77. The second-order valence-electron chi connectivity index (χ2n) is 5.33. The number of ether oxygens (including phenoxy) is 1. The van der Waals surface area contributed by atoms with Gasteiger partial charge in [-0.05, 0) is 24.8 Å². The third-order valence-electron chi connectivity index (χ3n) is 3.73. The van der Waals surface area contributed by atoms with Crippen molar-refractivity contribution >= 4 is 17.2 Å². The zero-order valence-electron chi connectivity index (χ0n) is 12.5. The lowest BCUT2D eigenvalue weighted by molar-refractivity contribution is -0.133. The first-order valence-corrected chi connectivity index (χ1v) is 8.17. The van der Waals surface area contributed by atoms with Gasteiger partial charge in [0.25, 0.3) is 0 Å². The summed E-state index contributed by atoms with van der Waals surface area (Å²) in [5, 5.41) is 5.55. The van der Waals surface area contributed by atoms with Crippen LogP contribution < -0.4 is 5.32 Å². The fourth-order valence-corrected chi connectivity index (χ4v) is 3.51. The van der Waals surface area contributed by atoms with Gasteiger partial charge in [-0.15, -0.1) is 11.3 Å². The maximum atomic E-state index is 12.6. The minimum Gasteiger partial charge on any atom is -0.383 e. The number of methoxy groups -OCH3 is 1. The maximum Gasteiger partial charge on any atom is 0.241 e. The number of thiophene rings is 1. The highest BCUT2D eigenvalue weighted by atomic mass is 32.1. The molecule has 1 aromatic rings. The van der Waals surface area contributed by atoms with Crippen LogP contribution in [-0.2, 0) is 9.53 Å². The molecular formula is C15H24N2O2S. The van der Waals surface area contributed by atoms with Crippen LogP contribution in [0.25, 0.3) is 0 Å². The van der Waals surface area contributed by atoms with Crippen molar-refractivity contribution < 1.29 is 9.53 Å². The van der Waals surface area contributed by atoms with E-state index in [0.717, 1.165) is 19.3 Å². The Hall–Kier alpha value is -0.910. The van der Waals surface area contributed by atoms with E-state index in [4.69, 9.17) is 4.74 Å². The lowest BCUT2D eigenvalue weighted by Gasteiger charge is -2.29.